The first-order chi connectivity index (χ1) is 11.7. The van der Waals surface area contributed by atoms with Crippen molar-refractivity contribution in [2.45, 2.75) is 50.3 Å². The maximum Gasteiger partial charge on any atom is 0.0957 e. The van der Waals surface area contributed by atoms with Gasteiger partial charge in [-0.2, -0.15) is 0 Å². The molecule has 1 N–H and O–H groups in total. The number of rotatable bonds is 3. The predicted molar refractivity (Wildman–Crippen MR) is 95.9 cm³/mol. The van der Waals surface area contributed by atoms with E-state index in [2.05, 4.69) is 32.5 Å². The van der Waals surface area contributed by atoms with Gasteiger partial charge in [0.1, 0.15) is 0 Å². The molecule has 2 fully saturated rings. The molecule has 0 aliphatic carbocycles. The number of aliphatic hydroxyl groups excluding tert-OH is 1. The van der Waals surface area contributed by atoms with Gasteiger partial charge in [0.15, 0.2) is 0 Å². The molecule has 5 heterocycles. The third kappa shape index (κ3) is 2.11. The summed E-state index contributed by atoms with van der Waals surface area (Å²) < 4.78 is 2.25. The monoisotopic (exact) mass is 341 g/mol. The van der Waals surface area contributed by atoms with Crippen molar-refractivity contribution in [1.29, 1.82) is 0 Å². The van der Waals surface area contributed by atoms with Crippen LogP contribution in [-0.2, 0) is 0 Å². The molecule has 2 saturated heterocycles. The van der Waals surface area contributed by atoms with Gasteiger partial charge < -0.3 is 14.6 Å². The highest BCUT2D eigenvalue weighted by molar-refractivity contribution is 7.10. The summed E-state index contributed by atoms with van der Waals surface area (Å²) in [4.78, 5) is 8.18. The van der Waals surface area contributed by atoms with Crippen LogP contribution in [-0.4, -0.2) is 38.2 Å². The Morgan fingerprint density at radius 1 is 1.42 bits per heavy atom. The topological polar surface area (TPSA) is 41.3 Å². The summed E-state index contributed by atoms with van der Waals surface area (Å²) in [6, 6.07) is 3.04. The van der Waals surface area contributed by atoms with Crippen molar-refractivity contribution in [1.82, 2.24) is 14.5 Å². The molecule has 0 bridgehead atoms. The van der Waals surface area contributed by atoms with E-state index in [1.807, 2.05) is 12.5 Å². The Morgan fingerprint density at radius 3 is 3.25 bits per heavy atom. The van der Waals surface area contributed by atoms with Crippen LogP contribution in [0.3, 0.4) is 0 Å². The molecule has 3 aliphatic rings. The zero-order valence-electron chi connectivity index (χ0n) is 13.8. The van der Waals surface area contributed by atoms with Crippen molar-refractivity contribution in [2.24, 2.45) is 5.92 Å². The number of thiophene rings is 1. The average Bonchev–Trinajstić information content (AvgIpc) is 3.33. The van der Waals surface area contributed by atoms with E-state index < -0.39 is 0 Å². The quantitative estimate of drug-likeness (QED) is 0.926. The minimum Gasteiger partial charge on any atom is -0.393 e. The lowest BCUT2D eigenvalue weighted by molar-refractivity contribution is 0.0404. The van der Waals surface area contributed by atoms with Gasteiger partial charge in [-0.3, -0.25) is 0 Å². The number of aromatic nitrogens is 2. The molecule has 2 aromatic heterocycles. The number of hydrogen-bond donors (Lipinski definition) is 1. The van der Waals surface area contributed by atoms with Crippen molar-refractivity contribution >= 4 is 11.3 Å². The van der Waals surface area contributed by atoms with Gasteiger partial charge in [0.2, 0.25) is 0 Å². The van der Waals surface area contributed by atoms with Crippen LogP contribution in [0.5, 0.6) is 0 Å². The second-order valence-electron chi connectivity index (χ2n) is 7.44. The fourth-order valence-electron chi connectivity index (χ4n) is 4.92. The Hall–Kier alpha value is -1.59. The molecule has 4 atom stereocenters. The lowest BCUT2D eigenvalue weighted by Crippen LogP contribution is -2.41. The Labute approximate surface area is 146 Å². The SMILES string of the molecule is C=C1CC[C@H]2C[C@H]([C@@H](O)C[C@H]3c4sccc4-c4cncn43)CCN12. The molecular weight excluding hydrogens is 318 g/mol. The van der Waals surface area contributed by atoms with Gasteiger partial charge in [0.05, 0.1) is 30.4 Å². The van der Waals surface area contributed by atoms with E-state index in [9.17, 15) is 5.11 Å². The Balaban J connectivity index is 1.33. The van der Waals surface area contributed by atoms with Gasteiger partial charge in [0, 0.05) is 28.7 Å². The van der Waals surface area contributed by atoms with Crippen LogP contribution >= 0.6 is 11.3 Å². The van der Waals surface area contributed by atoms with E-state index in [0.29, 0.717) is 12.0 Å². The molecule has 0 amide bonds. The van der Waals surface area contributed by atoms with E-state index in [1.54, 1.807) is 11.3 Å². The van der Waals surface area contributed by atoms with Crippen molar-refractivity contribution in [3.63, 3.8) is 0 Å². The number of fused-ring (bicyclic) bond motifs is 4. The summed E-state index contributed by atoms with van der Waals surface area (Å²) in [6.45, 7) is 5.25. The van der Waals surface area contributed by atoms with Crippen LogP contribution in [0.25, 0.3) is 11.3 Å². The highest BCUT2D eigenvalue weighted by Crippen LogP contribution is 2.46. The number of piperidine rings is 1. The highest BCUT2D eigenvalue weighted by Gasteiger charge is 2.38. The number of hydrogen-bond acceptors (Lipinski definition) is 4. The van der Waals surface area contributed by atoms with Gasteiger partial charge in [0.25, 0.3) is 0 Å². The highest BCUT2D eigenvalue weighted by atomic mass is 32.1. The van der Waals surface area contributed by atoms with E-state index in [0.717, 1.165) is 32.2 Å². The zero-order valence-corrected chi connectivity index (χ0v) is 14.6. The zero-order chi connectivity index (χ0) is 16.3. The number of nitrogens with zero attached hydrogens (tertiary/aromatic N) is 3. The van der Waals surface area contributed by atoms with Crippen LogP contribution in [0, 0.1) is 5.92 Å². The lowest BCUT2D eigenvalue weighted by atomic mass is 9.84. The van der Waals surface area contributed by atoms with Crippen LogP contribution in [0.4, 0.5) is 0 Å². The molecule has 5 heteroatoms. The molecule has 126 valence electrons. The molecule has 0 aromatic carbocycles. The van der Waals surface area contributed by atoms with Gasteiger partial charge in [-0.1, -0.05) is 6.58 Å². The summed E-state index contributed by atoms with van der Waals surface area (Å²) in [5, 5.41) is 13.1. The summed E-state index contributed by atoms with van der Waals surface area (Å²) in [5.74, 6) is 0.410. The summed E-state index contributed by atoms with van der Waals surface area (Å²) in [5.41, 5.74) is 3.80. The Morgan fingerprint density at radius 2 is 2.33 bits per heavy atom. The Bertz CT molecular complexity index is 739. The molecule has 0 unspecified atom stereocenters. The van der Waals surface area contributed by atoms with Gasteiger partial charge in [-0.25, -0.2) is 4.98 Å². The fraction of sp³-hybridized carbons (Fsp3) is 0.526. The summed E-state index contributed by atoms with van der Waals surface area (Å²) in [7, 11) is 0. The van der Waals surface area contributed by atoms with Crippen molar-refractivity contribution < 1.29 is 5.11 Å². The maximum atomic E-state index is 11.0. The molecule has 24 heavy (non-hydrogen) atoms. The summed E-state index contributed by atoms with van der Waals surface area (Å²) >= 11 is 1.81. The standard InChI is InChI=1S/C19H23N3OS/c1-12-2-3-14-8-13(4-6-21(12)14)18(23)9-16-19-15(5-7-24-19)17-10-20-11-22(16)17/h5,7,10-11,13-14,16,18,23H,1-4,6,8-9H2/t13-,14+,16+,18+/m1/s1. The van der Waals surface area contributed by atoms with Crippen molar-refractivity contribution in [3.05, 3.63) is 41.1 Å². The molecule has 0 radical (unpaired) electrons. The second-order valence-corrected chi connectivity index (χ2v) is 8.39. The molecule has 0 spiro atoms. The molecule has 4 nitrogen and oxygen atoms in total. The first-order valence-corrected chi connectivity index (χ1v) is 9.82. The van der Waals surface area contributed by atoms with Crippen LogP contribution in [0.15, 0.2) is 36.2 Å². The minimum atomic E-state index is -0.241. The van der Waals surface area contributed by atoms with Crippen LogP contribution < -0.4 is 0 Å². The third-order valence-electron chi connectivity index (χ3n) is 6.21. The normalized spacial score (nSPS) is 29.5. The number of aliphatic hydroxyl groups is 1. The largest absolute Gasteiger partial charge is 0.393 e. The first kappa shape index (κ1) is 14.7. The molecule has 3 aliphatic heterocycles. The fourth-order valence-corrected chi connectivity index (χ4v) is 5.94. The molecule has 0 saturated carbocycles. The number of allylic oxidation sites excluding steroid dienone is 1. The average molecular weight is 341 g/mol. The minimum absolute atomic E-state index is 0.241. The van der Waals surface area contributed by atoms with Gasteiger partial charge in [-0.05, 0) is 49.5 Å². The van der Waals surface area contributed by atoms with Crippen LogP contribution in [0.1, 0.15) is 43.0 Å². The van der Waals surface area contributed by atoms with Gasteiger partial charge >= 0.3 is 0 Å². The van der Waals surface area contributed by atoms with Crippen molar-refractivity contribution in [3.8, 4) is 11.3 Å². The smallest absolute Gasteiger partial charge is 0.0957 e. The van der Waals surface area contributed by atoms with Crippen molar-refractivity contribution in [2.75, 3.05) is 6.54 Å². The van der Waals surface area contributed by atoms with E-state index in [4.69, 9.17) is 0 Å². The van der Waals surface area contributed by atoms with E-state index in [-0.39, 0.29) is 12.1 Å². The second kappa shape index (κ2) is 5.46. The maximum absolute atomic E-state index is 11.0. The number of imidazole rings is 1. The van der Waals surface area contributed by atoms with Gasteiger partial charge in [-0.15, -0.1) is 11.3 Å². The summed E-state index contributed by atoms with van der Waals surface area (Å²) in [6.07, 6.45) is 8.96. The predicted octanol–water partition coefficient (Wildman–Crippen LogP) is 3.65. The third-order valence-corrected chi connectivity index (χ3v) is 7.23. The van der Waals surface area contributed by atoms with Crippen LogP contribution in [0.2, 0.25) is 0 Å². The lowest BCUT2D eigenvalue weighted by Gasteiger charge is -2.39. The first-order valence-electron chi connectivity index (χ1n) is 8.94. The molecule has 2 aromatic rings. The van der Waals surface area contributed by atoms with E-state index in [1.165, 1.54) is 28.3 Å². The molecule has 5 rings (SSSR count). The Kier molecular flexibility index (Phi) is 3.35. The van der Waals surface area contributed by atoms with E-state index >= 15 is 0 Å². The molecular formula is C19H23N3OS.